The summed E-state index contributed by atoms with van der Waals surface area (Å²) in [6.45, 7) is 0.439. The highest BCUT2D eigenvalue weighted by atomic mass is 35.5. The molecule has 0 spiro atoms. The normalized spacial score (nSPS) is 14.3. The van der Waals surface area contributed by atoms with Crippen molar-refractivity contribution in [2.45, 2.75) is 25.3 Å². The van der Waals surface area contributed by atoms with Gasteiger partial charge >= 0.3 is 5.97 Å². The van der Waals surface area contributed by atoms with E-state index in [9.17, 15) is 4.79 Å². The van der Waals surface area contributed by atoms with Crippen LogP contribution in [0, 0.1) is 0 Å². The summed E-state index contributed by atoms with van der Waals surface area (Å²) in [5.41, 5.74) is 0.793. The number of carboxylic acid groups (broad SMARTS) is 1. The zero-order chi connectivity index (χ0) is 16.0. The lowest BCUT2D eigenvalue weighted by molar-refractivity contribution is 0.0691. The molecule has 3 heterocycles. The number of carboxylic acids is 1. The first-order chi connectivity index (χ1) is 11.1. The lowest BCUT2D eigenvalue weighted by Gasteiger charge is -2.03. The van der Waals surface area contributed by atoms with Crippen LogP contribution in [0.4, 0.5) is 0 Å². The molecule has 0 aromatic carbocycles. The van der Waals surface area contributed by atoms with Crippen molar-refractivity contribution in [3.8, 4) is 10.6 Å². The number of hydrogen-bond donors (Lipinski definition) is 1. The van der Waals surface area contributed by atoms with Gasteiger partial charge in [0.05, 0.1) is 15.8 Å². The molecular formula is C15H12ClN3O3S. The van der Waals surface area contributed by atoms with Crippen molar-refractivity contribution >= 4 is 28.9 Å². The number of thiophene rings is 1. The van der Waals surface area contributed by atoms with Crippen molar-refractivity contribution in [1.29, 1.82) is 0 Å². The molecule has 0 aliphatic heterocycles. The summed E-state index contributed by atoms with van der Waals surface area (Å²) in [6.07, 6.45) is 3.66. The fraction of sp³-hybridized carbons (Fsp3) is 0.267. The fourth-order valence-corrected chi connectivity index (χ4v) is 3.44. The maximum absolute atomic E-state index is 11.1. The lowest BCUT2D eigenvalue weighted by Crippen LogP contribution is -2.03. The van der Waals surface area contributed by atoms with Gasteiger partial charge in [-0.05, 0) is 25.0 Å². The van der Waals surface area contributed by atoms with Gasteiger partial charge in [0.1, 0.15) is 11.5 Å². The monoisotopic (exact) mass is 349 g/mol. The molecule has 0 unspecified atom stereocenters. The highest BCUT2D eigenvalue weighted by Gasteiger charge is 2.30. The van der Waals surface area contributed by atoms with Crippen LogP contribution in [0.2, 0.25) is 4.34 Å². The maximum atomic E-state index is 11.1. The van der Waals surface area contributed by atoms with Crippen molar-refractivity contribution in [3.63, 3.8) is 0 Å². The van der Waals surface area contributed by atoms with Gasteiger partial charge in [0, 0.05) is 18.2 Å². The average Bonchev–Trinajstić information content (AvgIpc) is 2.93. The van der Waals surface area contributed by atoms with Crippen LogP contribution >= 0.6 is 22.9 Å². The second kappa shape index (κ2) is 5.50. The summed E-state index contributed by atoms with van der Waals surface area (Å²) in [5.74, 6) is 0.805. The van der Waals surface area contributed by atoms with E-state index in [2.05, 4.69) is 10.1 Å². The van der Waals surface area contributed by atoms with Gasteiger partial charge in [0.15, 0.2) is 11.5 Å². The minimum Gasteiger partial charge on any atom is -0.476 e. The minimum absolute atomic E-state index is 0.0701. The molecule has 3 aromatic rings. The molecule has 0 atom stereocenters. The van der Waals surface area contributed by atoms with Crippen molar-refractivity contribution in [1.82, 2.24) is 14.7 Å². The molecule has 23 heavy (non-hydrogen) atoms. The zero-order valence-electron chi connectivity index (χ0n) is 11.9. The predicted molar refractivity (Wildman–Crippen MR) is 85.1 cm³/mol. The van der Waals surface area contributed by atoms with Crippen molar-refractivity contribution < 1.29 is 14.4 Å². The Morgan fingerprint density at radius 2 is 2.30 bits per heavy atom. The SMILES string of the molecule is O=C(O)c1cn(Cc2cc(-c3ccc(Cl)s3)on2)c(C2CC2)n1. The van der Waals surface area contributed by atoms with Gasteiger partial charge in [-0.3, -0.25) is 0 Å². The average molecular weight is 350 g/mol. The third-order valence-corrected chi connectivity index (χ3v) is 4.92. The van der Waals surface area contributed by atoms with Crippen molar-refractivity contribution in [2.75, 3.05) is 0 Å². The minimum atomic E-state index is -1.01. The highest BCUT2D eigenvalue weighted by Crippen LogP contribution is 2.39. The van der Waals surface area contributed by atoms with Crippen LogP contribution in [-0.4, -0.2) is 25.8 Å². The van der Waals surface area contributed by atoms with E-state index in [0.29, 0.717) is 22.6 Å². The number of carbonyl (C=O) groups is 1. The molecule has 8 heteroatoms. The van der Waals surface area contributed by atoms with E-state index in [1.54, 1.807) is 6.20 Å². The first-order valence-electron chi connectivity index (χ1n) is 7.12. The van der Waals surface area contributed by atoms with E-state index >= 15 is 0 Å². The molecule has 118 valence electrons. The van der Waals surface area contributed by atoms with Crippen LogP contribution in [0.1, 0.15) is 40.8 Å². The fourth-order valence-electron chi connectivity index (χ4n) is 2.45. The Balaban J connectivity index is 1.61. The van der Waals surface area contributed by atoms with Crippen molar-refractivity contribution in [2.24, 2.45) is 0 Å². The smallest absolute Gasteiger partial charge is 0.356 e. The van der Waals surface area contributed by atoms with Crippen LogP contribution in [-0.2, 0) is 6.54 Å². The summed E-state index contributed by atoms with van der Waals surface area (Å²) >= 11 is 7.35. The Labute approximate surface area is 140 Å². The van der Waals surface area contributed by atoms with Gasteiger partial charge in [0.25, 0.3) is 0 Å². The maximum Gasteiger partial charge on any atom is 0.356 e. The van der Waals surface area contributed by atoms with Gasteiger partial charge in [-0.2, -0.15) is 0 Å². The second-order valence-electron chi connectivity index (χ2n) is 5.48. The quantitative estimate of drug-likeness (QED) is 0.756. The Kier molecular flexibility index (Phi) is 3.46. The molecule has 1 aliphatic rings. The number of rotatable bonds is 5. The molecular weight excluding hydrogens is 338 g/mol. The first kappa shape index (κ1) is 14.5. The summed E-state index contributed by atoms with van der Waals surface area (Å²) < 4.78 is 7.90. The molecule has 1 fully saturated rings. The van der Waals surface area contributed by atoms with Crippen LogP contribution in [0.15, 0.2) is 28.9 Å². The first-order valence-corrected chi connectivity index (χ1v) is 8.31. The van der Waals surface area contributed by atoms with E-state index in [0.717, 1.165) is 29.2 Å². The lowest BCUT2D eigenvalue weighted by atomic mass is 10.3. The Morgan fingerprint density at radius 3 is 2.96 bits per heavy atom. The molecule has 4 rings (SSSR count). The van der Waals surface area contributed by atoms with Gasteiger partial charge in [0.2, 0.25) is 0 Å². The molecule has 0 bridgehead atoms. The number of aromatic carboxylic acids is 1. The summed E-state index contributed by atoms with van der Waals surface area (Å²) in [5, 5.41) is 13.2. The van der Waals surface area contributed by atoms with E-state index in [1.807, 2.05) is 22.8 Å². The predicted octanol–water partition coefficient (Wildman–Crippen LogP) is 3.88. The molecule has 1 aliphatic carbocycles. The van der Waals surface area contributed by atoms with Crippen LogP contribution < -0.4 is 0 Å². The van der Waals surface area contributed by atoms with Gasteiger partial charge in [-0.15, -0.1) is 11.3 Å². The molecule has 3 aromatic heterocycles. The Hall–Kier alpha value is -2.12. The second-order valence-corrected chi connectivity index (χ2v) is 7.19. The Bertz CT molecular complexity index is 878. The largest absolute Gasteiger partial charge is 0.476 e. The van der Waals surface area contributed by atoms with Crippen molar-refractivity contribution in [3.05, 3.63) is 45.9 Å². The number of nitrogens with zero attached hydrogens (tertiary/aromatic N) is 3. The summed E-state index contributed by atoms with van der Waals surface area (Å²) in [6, 6.07) is 5.54. The third-order valence-electron chi connectivity index (χ3n) is 3.68. The number of halogens is 1. The highest BCUT2D eigenvalue weighted by molar-refractivity contribution is 7.19. The topological polar surface area (TPSA) is 81.1 Å². The van der Waals surface area contributed by atoms with Crippen LogP contribution in [0.5, 0.6) is 0 Å². The standard InChI is InChI=1S/C15H12ClN3O3S/c16-13-4-3-12(23-13)11-5-9(18-22-11)6-19-7-10(15(20)21)17-14(19)8-1-2-8/h3-5,7-8H,1-2,6H2,(H,20,21). The molecule has 6 nitrogen and oxygen atoms in total. The van der Waals surface area contributed by atoms with Crippen LogP contribution in [0.25, 0.3) is 10.6 Å². The number of hydrogen-bond acceptors (Lipinski definition) is 5. The summed E-state index contributed by atoms with van der Waals surface area (Å²) in [4.78, 5) is 16.3. The molecule has 1 N–H and O–H groups in total. The zero-order valence-corrected chi connectivity index (χ0v) is 13.5. The van der Waals surface area contributed by atoms with Crippen LogP contribution in [0.3, 0.4) is 0 Å². The van der Waals surface area contributed by atoms with Gasteiger partial charge in [-0.25, -0.2) is 9.78 Å². The Morgan fingerprint density at radius 1 is 1.48 bits per heavy atom. The molecule has 0 radical (unpaired) electrons. The third kappa shape index (κ3) is 2.89. The summed E-state index contributed by atoms with van der Waals surface area (Å²) in [7, 11) is 0. The molecule has 0 saturated heterocycles. The van der Waals surface area contributed by atoms with Gasteiger partial charge in [-0.1, -0.05) is 16.8 Å². The number of imidazole rings is 1. The molecule has 1 saturated carbocycles. The van der Waals surface area contributed by atoms with E-state index in [1.165, 1.54) is 11.3 Å². The van der Waals surface area contributed by atoms with E-state index < -0.39 is 5.97 Å². The van der Waals surface area contributed by atoms with E-state index in [4.69, 9.17) is 21.2 Å². The van der Waals surface area contributed by atoms with Gasteiger partial charge < -0.3 is 14.2 Å². The van der Waals surface area contributed by atoms with E-state index in [-0.39, 0.29) is 5.69 Å². The number of aromatic nitrogens is 3. The molecule has 0 amide bonds.